The number of aromatic nitrogens is 5. The lowest BCUT2D eigenvalue weighted by Gasteiger charge is -2.37. The Balaban J connectivity index is 1.42. The molecule has 182 valence electrons. The van der Waals surface area contributed by atoms with Gasteiger partial charge in [-0.1, -0.05) is 17.7 Å². The van der Waals surface area contributed by atoms with Crippen molar-refractivity contribution in [3.05, 3.63) is 71.8 Å². The van der Waals surface area contributed by atoms with E-state index < -0.39 is 10.0 Å². The lowest BCUT2D eigenvalue weighted by atomic mass is 10.00. The normalized spacial score (nSPS) is 14.8. The highest BCUT2D eigenvalue weighted by Crippen LogP contribution is 2.31. The Hall–Kier alpha value is -3.61. The SMILES string of the molecule is COCCS(=O)(=O)N1CC(c2cc(NC(=O)c3cnn4cccnc34)n(-c3ccc(C)cc3)n2)C1. The summed E-state index contributed by atoms with van der Waals surface area (Å²) in [6.07, 6.45) is 4.79. The molecular formula is C23H25N7O4S. The summed E-state index contributed by atoms with van der Waals surface area (Å²) >= 11 is 0. The van der Waals surface area contributed by atoms with Crippen LogP contribution in [0.15, 0.2) is 55.0 Å². The van der Waals surface area contributed by atoms with Crippen LogP contribution in [0.5, 0.6) is 0 Å². The lowest BCUT2D eigenvalue weighted by molar-refractivity contribution is 0.102. The summed E-state index contributed by atoms with van der Waals surface area (Å²) in [7, 11) is -1.89. The molecule has 1 amide bonds. The molecule has 1 saturated heterocycles. The second-order valence-corrected chi connectivity index (χ2v) is 10.5. The Morgan fingerprint density at radius 2 is 2.00 bits per heavy atom. The van der Waals surface area contributed by atoms with Gasteiger partial charge in [0.05, 0.1) is 29.9 Å². The number of hydrogen-bond donors (Lipinski definition) is 1. The van der Waals surface area contributed by atoms with E-state index in [4.69, 9.17) is 9.84 Å². The standard InChI is InChI=1S/C23H25N7O4S/c1-16-4-6-18(7-5-16)30-21(26-23(31)19-13-25-29-9-3-8-24-22(19)29)12-20(27-30)17-14-28(15-17)35(32,33)11-10-34-2/h3-9,12-13,17H,10-11,14-15H2,1-2H3,(H,26,31). The van der Waals surface area contributed by atoms with Gasteiger partial charge in [-0.15, -0.1) is 0 Å². The van der Waals surface area contributed by atoms with E-state index in [0.717, 1.165) is 11.3 Å². The van der Waals surface area contributed by atoms with Crippen LogP contribution in [0.25, 0.3) is 11.3 Å². The Morgan fingerprint density at radius 1 is 1.23 bits per heavy atom. The number of ether oxygens (including phenoxy) is 1. The van der Waals surface area contributed by atoms with Gasteiger partial charge < -0.3 is 10.1 Å². The Labute approximate surface area is 202 Å². The molecule has 0 unspecified atom stereocenters. The van der Waals surface area contributed by atoms with E-state index in [2.05, 4.69) is 15.4 Å². The average Bonchev–Trinajstić information content (AvgIpc) is 3.42. The van der Waals surface area contributed by atoms with E-state index in [0.29, 0.717) is 35.8 Å². The van der Waals surface area contributed by atoms with E-state index in [-0.39, 0.29) is 24.2 Å². The number of carbonyl (C=O) groups excluding carboxylic acids is 1. The number of benzene rings is 1. The zero-order chi connectivity index (χ0) is 24.6. The second kappa shape index (κ2) is 9.21. The number of sulfonamides is 1. The van der Waals surface area contributed by atoms with Gasteiger partial charge >= 0.3 is 0 Å². The molecule has 3 aromatic heterocycles. The van der Waals surface area contributed by atoms with Gasteiger partial charge in [-0.2, -0.15) is 10.2 Å². The molecule has 4 aromatic rings. The summed E-state index contributed by atoms with van der Waals surface area (Å²) in [6, 6.07) is 11.3. The maximum absolute atomic E-state index is 13.1. The molecular weight excluding hydrogens is 470 g/mol. The maximum Gasteiger partial charge on any atom is 0.262 e. The largest absolute Gasteiger partial charge is 0.384 e. The first-order chi connectivity index (χ1) is 16.9. The third-order valence-corrected chi connectivity index (χ3v) is 7.74. The Kier molecular flexibility index (Phi) is 6.09. The number of nitrogens with one attached hydrogen (secondary N) is 1. The molecule has 1 aromatic carbocycles. The highest BCUT2D eigenvalue weighted by atomic mass is 32.2. The minimum absolute atomic E-state index is 0.0526. The van der Waals surface area contributed by atoms with Crippen LogP contribution in [-0.4, -0.2) is 75.6 Å². The van der Waals surface area contributed by atoms with Gasteiger partial charge in [0.15, 0.2) is 5.65 Å². The number of fused-ring (bicyclic) bond motifs is 1. The number of carbonyl (C=O) groups is 1. The van der Waals surface area contributed by atoms with E-state index in [1.165, 1.54) is 22.1 Å². The monoisotopic (exact) mass is 495 g/mol. The molecule has 4 heterocycles. The highest BCUT2D eigenvalue weighted by molar-refractivity contribution is 7.89. The van der Waals surface area contributed by atoms with Gasteiger partial charge in [0.1, 0.15) is 11.4 Å². The number of nitrogens with zero attached hydrogens (tertiary/aromatic N) is 6. The topological polar surface area (TPSA) is 124 Å². The molecule has 0 bridgehead atoms. The Morgan fingerprint density at radius 3 is 2.74 bits per heavy atom. The van der Waals surface area contributed by atoms with Crippen LogP contribution in [-0.2, 0) is 14.8 Å². The van der Waals surface area contributed by atoms with Gasteiger partial charge in [-0.05, 0) is 25.1 Å². The Bertz CT molecular complexity index is 1470. The third kappa shape index (κ3) is 4.55. The molecule has 35 heavy (non-hydrogen) atoms. The van der Waals surface area contributed by atoms with E-state index in [1.807, 2.05) is 31.2 Å². The molecule has 0 saturated carbocycles. The number of methoxy groups -OCH3 is 1. The fraction of sp³-hybridized carbons (Fsp3) is 0.304. The minimum atomic E-state index is -3.37. The number of amides is 1. The van der Waals surface area contributed by atoms with Gasteiger partial charge in [-0.3, -0.25) is 4.79 Å². The summed E-state index contributed by atoms with van der Waals surface area (Å²) in [6.45, 7) is 2.82. The van der Waals surface area contributed by atoms with Crippen molar-refractivity contribution in [2.24, 2.45) is 0 Å². The predicted octanol–water partition coefficient (Wildman–Crippen LogP) is 1.85. The van der Waals surface area contributed by atoms with Gasteiger partial charge in [0, 0.05) is 44.6 Å². The predicted molar refractivity (Wildman–Crippen MR) is 129 cm³/mol. The zero-order valence-corrected chi connectivity index (χ0v) is 20.1. The van der Waals surface area contributed by atoms with E-state index in [1.54, 1.807) is 29.2 Å². The molecule has 11 nitrogen and oxygen atoms in total. The molecule has 0 aliphatic carbocycles. The first-order valence-corrected chi connectivity index (χ1v) is 12.7. The summed E-state index contributed by atoms with van der Waals surface area (Å²) in [5.74, 6) is -0.0164. The smallest absolute Gasteiger partial charge is 0.262 e. The summed E-state index contributed by atoms with van der Waals surface area (Å²) in [5.41, 5.74) is 3.36. The zero-order valence-electron chi connectivity index (χ0n) is 19.3. The van der Waals surface area contributed by atoms with Crippen LogP contribution < -0.4 is 5.32 Å². The van der Waals surface area contributed by atoms with Crippen molar-refractivity contribution < 1.29 is 17.9 Å². The fourth-order valence-electron chi connectivity index (χ4n) is 3.91. The number of anilines is 1. The van der Waals surface area contributed by atoms with Crippen LogP contribution in [0, 0.1) is 6.92 Å². The van der Waals surface area contributed by atoms with Crippen molar-refractivity contribution in [2.75, 3.05) is 37.9 Å². The van der Waals surface area contributed by atoms with Crippen LogP contribution in [0.4, 0.5) is 5.82 Å². The fourth-order valence-corrected chi connectivity index (χ4v) is 5.36. The molecule has 1 aliphatic rings. The van der Waals surface area contributed by atoms with Crippen molar-refractivity contribution in [3.63, 3.8) is 0 Å². The third-order valence-electron chi connectivity index (χ3n) is 5.98. The van der Waals surface area contributed by atoms with Crippen LogP contribution >= 0.6 is 0 Å². The molecule has 0 atom stereocenters. The molecule has 1 N–H and O–H groups in total. The van der Waals surface area contributed by atoms with Crippen LogP contribution in [0.3, 0.4) is 0 Å². The van der Waals surface area contributed by atoms with Gasteiger partial charge in [0.25, 0.3) is 5.91 Å². The van der Waals surface area contributed by atoms with Crippen molar-refractivity contribution in [2.45, 2.75) is 12.8 Å². The maximum atomic E-state index is 13.1. The number of rotatable bonds is 8. The molecule has 1 fully saturated rings. The minimum Gasteiger partial charge on any atom is -0.384 e. The molecule has 0 radical (unpaired) electrons. The van der Waals surface area contributed by atoms with Crippen LogP contribution in [0.2, 0.25) is 0 Å². The average molecular weight is 496 g/mol. The second-order valence-electron chi connectivity index (χ2n) is 8.42. The van der Waals surface area contributed by atoms with Crippen molar-refractivity contribution >= 4 is 27.4 Å². The summed E-state index contributed by atoms with van der Waals surface area (Å²) < 4.78 is 34.3. The van der Waals surface area contributed by atoms with Crippen LogP contribution in [0.1, 0.15) is 27.5 Å². The van der Waals surface area contributed by atoms with Gasteiger partial charge in [0.2, 0.25) is 10.0 Å². The van der Waals surface area contributed by atoms with Crippen molar-refractivity contribution in [1.82, 2.24) is 28.7 Å². The van der Waals surface area contributed by atoms with Crippen molar-refractivity contribution in [1.29, 1.82) is 0 Å². The molecule has 5 rings (SSSR count). The quantitative estimate of drug-likeness (QED) is 0.396. The van der Waals surface area contributed by atoms with E-state index in [9.17, 15) is 13.2 Å². The highest BCUT2D eigenvalue weighted by Gasteiger charge is 2.38. The number of aryl methyl sites for hydroxylation is 1. The summed E-state index contributed by atoms with van der Waals surface area (Å²) in [5, 5.41) is 11.8. The first-order valence-electron chi connectivity index (χ1n) is 11.1. The molecule has 1 aliphatic heterocycles. The summed E-state index contributed by atoms with van der Waals surface area (Å²) in [4.78, 5) is 17.4. The lowest BCUT2D eigenvalue weighted by Crippen LogP contribution is -2.49. The molecule has 0 spiro atoms. The first kappa shape index (κ1) is 23.1. The van der Waals surface area contributed by atoms with Crippen molar-refractivity contribution in [3.8, 4) is 5.69 Å². The van der Waals surface area contributed by atoms with E-state index >= 15 is 0 Å². The van der Waals surface area contributed by atoms with Gasteiger partial charge in [-0.25, -0.2) is 26.9 Å². The molecule has 12 heteroatoms. The number of hydrogen-bond acceptors (Lipinski definition) is 7.